The van der Waals surface area contributed by atoms with Crippen molar-refractivity contribution >= 4 is 45.0 Å². The minimum atomic E-state index is -0.0886. The third kappa shape index (κ3) is 2.44. The van der Waals surface area contributed by atoms with Crippen LogP contribution in [0.5, 0.6) is 0 Å². The highest BCUT2D eigenvalue weighted by atomic mass is 79.9. The van der Waals surface area contributed by atoms with Crippen LogP contribution in [0.2, 0.25) is 0 Å². The summed E-state index contributed by atoms with van der Waals surface area (Å²) in [6.07, 6.45) is 0.430. The molecular weight excluding hydrogens is 232 g/mol. The van der Waals surface area contributed by atoms with Crippen molar-refractivity contribution in [1.29, 1.82) is 0 Å². The quantitative estimate of drug-likeness (QED) is 0.782. The highest BCUT2D eigenvalue weighted by molar-refractivity contribution is 9.10. The van der Waals surface area contributed by atoms with Gasteiger partial charge in [0.25, 0.3) is 0 Å². The second-order valence-corrected chi connectivity index (χ2v) is 4.21. The highest BCUT2D eigenvalue weighted by Gasteiger charge is 2.00. The van der Waals surface area contributed by atoms with Gasteiger partial charge in [-0.05, 0) is 22.0 Å². The molecule has 0 amide bonds. The maximum atomic E-state index is 10.5. The lowest BCUT2D eigenvalue weighted by atomic mass is 10.4. The molecule has 0 N–H and O–H groups in total. The van der Waals surface area contributed by atoms with Crippen LogP contribution < -0.4 is 0 Å². The minimum Gasteiger partial charge on any atom is -0.287 e. The molecular formula is C6H5BrOS2. The summed E-state index contributed by atoms with van der Waals surface area (Å²) < 4.78 is 1.03. The molecule has 54 valence electrons. The van der Waals surface area contributed by atoms with Crippen LogP contribution in [0.3, 0.4) is 0 Å². The average Bonchev–Trinajstić information content (AvgIpc) is 2.13. The van der Waals surface area contributed by atoms with E-state index >= 15 is 0 Å². The van der Waals surface area contributed by atoms with E-state index in [-0.39, 0.29) is 5.12 Å². The van der Waals surface area contributed by atoms with Gasteiger partial charge in [-0.15, -0.1) is 24.0 Å². The lowest BCUT2D eigenvalue weighted by Crippen LogP contribution is -1.88. The summed E-state index contributed by atoms with van der Waals surface area (Å²) >= 11 is 8.53. The molecule has 0 radical (unpaired) electrons. The summed E-state index contributed by atoms with van der Waals surface area (Å²) in [4.78, 5) is 11.5. The molecule has 0 atom stereocenters. The Labute approximate surface area is 77.0 Å². The number of hydrogen-bond donors (Lipinski definition) is 1. The van der Waals surface area contributed by atoms with Gasteiger partial charge in [-0.25, -0.2) is 0 Å². The third-order valence-corrected chi connectivity index (χ3v) is 2.80. The largest absolute Gasteiger partial charge is 0.287 e. The first-order chi connectivity index (χ1) is 4.68. The Bertz CT molecular complexity index is 244. The van der Waals surface area contributed by atoms with E-state index < -0.39 is 0 Å². The molecule has 0 fully saturated rings. The van der Waals surface area contributed by atoms with E-state index in [4.69, 9.17) is 0 Å². The molecule has 0 aliphatic heterocycles. The van der Waals surface area contributed by atoms with Gasteiger partial charge in [-0.2, -0.15) is 0 Å². The molecule has 1 heterocycles. The van der Waals surface area contributed by atoms with Crippen LogP contribution in [0, 0.1) is 0 Å². The van der Waals surface area contributed by atoms with E-state index in [2.05, 4.69) is 28.6 Å². The zero-order valence-corrected chi connectivity index (χ0v) is 8.30. The Kier molecular flexibility index (Phi) is 2.95. The molecule has 1 aromatic heterocycles. The van der Waals surface area contributed by atoms with Crippen LogP contribution in [0.15, 0.2) is 15.9 Å². The zero-order chi connectivity index (χ0) is 7.56. The van der Waals surface area contributed by atoms with Gasteiger partial charge >= 0.3 is 0 Å². The third-order valence-electron chi connectivity index (χ3n) is 0.947. The second-order valence-electron chi connectivity index (χ2n) is 1.80. The van der Waals surface area contributed by atoms with Gasteiger partial charge in [0.15, 0.2) is 5.12 Å². The molecule has 0 bridgehead atoms. The van der Waals surface area contributed by atoms with Gasteiger partial charge in [0, 0.05) is 14.7 Å². The number of thiophene rings is 1. The van der Waals surface area contributed by atoms with E-state index in [1.807, 2.05) is 11.4 Å². The Morgan fingerprint density at radius 3 is 2.90 bits per heavy atom. The van der Waals surface area contributed by atoms with Crippen molar-refractivity contribution in [2.24, 2.45) is 0 Å². The molecule has 4 heteroatoms. The Morgan fingerprint density at radius 1 is 1.80 bits per heavy atom. The van der Waals surface area contributed by atoms with Crippen LogP contribution in [0.4, 0.5) is 0 Å². The van der Waals surface area contributed by atoms with Crippen LogP contribution in [-0.4, -0.2) is 5.12 Å². The number of carbonyl (C=O) groups excluding carboxylic acids is 1. The van der Waals surface area contributed by atoms with Crippen molar-refractivity contribution in [2.45, 2.75) is 6.42 Å². The molecule has 1 aromatic rings. The van der Waals surface area contributed by atoms with Crippen molar-refractivity contribution < 1.29 is 4.79 Å². The summed E-state index contributed by atoms with van der Waals surface area (Å²) in [5.41, 5.74) is 0. The normalized spacial score (nSPS) is 9.80. The van der Waals surface area contributed by atoms with Crippen molar-refractivity contribution in [2.75, 3.05) is 0 Å². The first kappa shape index (κ1) is 8.30. The second kappa shape index (κ2) is 3.55. The lowest BCUT2D eigenvalue weighted by Gasteiger charge is -1.85. The van der Waals surface area contributed by atoms with Crippen LogP contribution in [-0.2, 0) is 11.2 Å². The van der Waals surface area contributed by atoms with Gasteiger partial charge in [-0.3, -0.25) is 4.79 Å². The van der Waals surface area contributed by atoms with Gasteiger partial charge in [0.2, 0.25) is 0 Å². The summed E-state index contributed by atoms with van der Waals surface area (Å²) in [6, 6.07) is 1.93. The molecule has 0 spiro atoms. The Hall–Kier alpha value is 0.200. The summed E-state index contributed by atoms with van der Waals surface area (Å²) in [5, 5.41) is 1.86. The van der Waals surface area contributed by atoms with Gasteiger partial charge < -0.3 is 0 Å². The number of rotatable bonds is 2. The average molecular weight is 237 g/mol. The number of halogens is 1. The lowest BCUT2D eigenvalue weighted by molar-refractivity contribution is -0.110. The van der Waals surface area contributed by atoms with E-state index in [0.29, 0.717) is 6.42 Å². The van der Waals surface area contributed by atoms with Crippen molar-refractivity contribution in [3.05, 3.63) is 20.8 Å². The van der Waals surface area contributed by atoms with Gasteiger partial charge in [0.05, 0.1) is 6.42 Å². The molecule has 0 unspecified atom stereocenters. The number of thiol groups is 1. The Morgan fingerprint density at radius 2 is 2.50 bits per heavy atom. The first-order valence-electron chi connectivity index (χ1n) is 2.63. The maximum Gasteiger partial charge on any atom is 0.191 e. The van der Waals surface area contributed by atoms with Crippen molar-refractivity contribution in [3.8, 4) is 0 Å². The fraction of sp³-hybridized carbons (Fsp3) is 0.167. The fourth-order valence-electron chi connectivity index (χ4n) is 0.596. The predicted octanol–water partition coefficient (Wildman–Crippen LogP) is 2.51. The van der Waals surface area contributed by atoms with Crippen molar-refractivity contribution in [1.82, 2.24) is 0 Å². The minimum absolute atomic E-state index is 0.0886. The predicted molar refractivity (Wildman–Crippen MR) is 49.7 cm³/mol. The monoisotopic (exact) mass is 236 g/mol. The smallest absolute Gasteiger partial charge is 0.191 e. The summed E-state index contributed by atoms with van der Waals surface area (Å²) in [6.45, 7) is 0. The van der Waals surface area contributed by atoms with E-state index in [9.17, 15) is 4.79 Å². The standard InChI is InChI=1S/C6H5BrOS2/c7-4-1-5(10-3-4)2-6(8)9/h1,3H,2H2,(H,8,9). The maximum absolute atomic E-state index is 10.5. The molecule has 0 saturated carbocycles. The molecule has 10 heavy (non-hydrogen) atoms. The van der Waals surface area contributed by atoms with Crippen molar-refractivity contribution in [3.63, 3.8) is 0 Å². The molecule has 0 aromatic carbocycles. The number of hydrogen-bond acceptors (Lipinski definition) is 2. The molecule has 0 aliphatic carbocycles. The zero-order valence-electron chi connectivity index (χ0n) is 5.00. The van der Waals surface area contributed by atoms with Crippen LogP contribution in [0.1, 0.15) is 4.88 Å². The summed E-state index contributed by atoms with van der Waals surface area (Å²) in [5.74, 6) is 0. The fourth-order valence-corrected chi connectivity index (χ4v) is 2.32. The topological polar surface area (TPSA) is 17.1 Å². The van der Waals surface area contributed by atoms with Crippen LogP contribution in [0.25, 0.3) is 0 Å². The summed E-state index contributed by atoms with van der Waals surface area (Å²) in [7, 11) is 0. The SMILES string of the molecule is O=C(S)Cc1cc(Br)cs1. The Balaban J connectivity index is 2.67. The van der Waals surface area contributed by atoms with E-state index in [0.717, 1.165) is 9.35 Å². The molecule has 0 aliphatic rings. The van der Waals surface area contributed by atoms with Gasteiger partial charge in [-0.1, -0.05) is 0 Å². The molecule has 1 rings (SSSR count). The van der Waals surface area contributed by atoms with Crippen LogP contribution >= 0.6 is 39.9 Å². The van der Waals surface area contributed by atoms with Gasteiger partial charge in [0.1, 0.15) is 0 Å². The molecule has 0 saturated heterocycles. The van der Waals surface area contributed by atoms with E-state index in [1.165, 1.54) is 0 Å². The highest BCUT2D eigenvalue weighted by Crippen LogP contribution is 2.20. The first-order valence-corrected chi connectivity index (χ1v) is 4.75. The van der Waals surface area contributed by atoms with E-state index in [1.54, 1.807) is 11.3 Å². The number of carbonyl (C=O) groups is 1. The molecule has 1 nitrogen and oxygen atoms in total.